The average molecular weight is 362 g/mol. The Labute approximate surface area is 130 Å². The van der Waals surface area contributed by atoms with Gasteiger partial charge in [-0.3, -0.25) is 0 Å². The maximum Gasteiger partial charge on any atom is 0.126 e. The molecule has 4 heteroatoms. The van der Waals surface area contributed by atoms with Crippen LogP contribution in [0.4, 0.5) is 4.39 Å². The number of benzene rings is 2. The minimum atomic E-state index is -0.225. The Kier molecular flexibility index (Phi) is 5.26. The van der Waals surface area contributed by atoms with Gasteiger partial charge in [-0.1, -0.05) is 51.3 Å². The molecule has 0 N–H and O–H groups in total. The fourth-order valence-electron chi connectivity index (χ4n) is 1.99. The lowest BCUT2D eigenvalue weighted by Gasteiger charge is -2.15. The summed E-state index contributed by atoms with van der Waals surface area (Å²) in [6.45, 7) is 0. The lowest BCUT2D eigenvalue weighted by molar-refractivity contribution is 0.599. The van der Waals surface area contributed by atoms with E-state index >= 15 is 0 Å². The van der Waals surface area contributed by atoms with Gasteiger partial charge in [-0.05, 0) is 53.8 Å². The third-order valence-electron chi connectivity index (χ3n) is 2.98. The van der Waals surface area contributed by atoms with Crippen molar-refractivity contribution in [3.8, 4) is 0 Å². The highest BCUT2D eigenvalue weighted by Gasteiger charge is 2.14. The van der Waals surface area contributed by atoms with Gasteiger partial charge >= 0.3 is 0 Å². The molecule has 0 amide bonds. The van der Waals surface area contributed by atoms with Gasteiger partial charge in [0.1, 0.15) is 5.82 Å². The average Bonchev–Trinajstić information content (AvgIpc) is 2.39. The quantitative estimate of drug-likeness (QED) is 0.599. The smallest absolute Gasteiger partial charge is 0.126 e. The third-order valence-corrected chi connectivity index (χ3v) is 4.23. The first-order valence-corrected chi connectivity index (χ1v) is 7.73. The predicted octanol–water partition coefficient (Wildman–Crippen LogP) is 5.85. The molecule has 1 atom stereocenters. The molecule has 0 spiro atoms. The highest BCUT2D eigenvalue weighted by atomic mass is 79.9. The van der Waals surface area contributed by atoms with Crippen LogP contribution in [0.3, 0.4) is 0 Å². The van der Waals surface area contributed by atoms with Crippen molar-refractivity contribution in [1.82, 2.24) is 0 Å². The van der Waals surface area contributed by atoms with Crippen LogP contribution in [-0.2, 0) is 6.42 Å². The molecule has 100 valence electrons. The van der Waals surface area contributed by atoms with Crippen molar-refractivity contribution in [2.45, 2.75) is 12.3 Å². The molecule has 19 heavy (non-hydrogen) atoms. The predicted molar refractivity (Wildman–Crippen MR) is 83.1 cm³/mol. The maximum atomic E-state index is 13.8. The molecule has 2 rings (SSSR count). The molecule has 1 unspecified atom stereocenters. The van der Waals surface area contributed by atoms with Gasteiger partial charge in [-0.25, -0.2) is 4.39 Å². The molecule has 0 aliphatic heterocycles. The summed E-state index contributed by atoms with van der Waals surface area (Å²) in [6, 6.07) is 12.3. The fourth-order valence-corrected chi connectivity index (χ4v) is 2.98. The zero-order valence-electron chi connectivity index (χ0n) is 10.0. The van der Waals surface area contributed by atoms with Gasteiger partial charge in [-0.2, -0.15) is 0 Å². The fraction of sp³-hybridized carbons (Fsp3) is 0.200. The zero-order valence-corrected chi connectivity index (χ0v) is 13.1. The van der Waals surface area contributed by atoms with Crippen molar-refractivity contribution in [2.75, 3.05) is 5.33 Å². The van der Waals surface area contributed by atoms with Gasteiger partial charge in [0.2, 0.25) is 0 Å². The Morgan fingerprint density at radius 1 is 1.05 bits per heavy atom. The van der Waals surface area contributed by atoms with Crippen molar-refractivity contribution >= 4 is 39.1 Å². The highest BCUT2D eigenvalue weighted by molar-refractivity contribution is 9.09. The van der Waals surface area contributed by atoms with Crippen LogP contribution in [0.15, 0.2) is 42.5 Å². The van der Waals surface area contributed by atoms with Crippen LogP contribution in [0.25, 0.3) is 0 Å². The first kappa shape index (κ1) is 14.8. The second-order valence-electron chi connectivity index (χ2n) is 4.35. The molecular formula is C15H12BrCl2F. The van der Waals surface area contributed by atoms with Crippen molar-refractivity contribution in [1.29, 1.82) is 0 Å². The largest absolute Gasteiger partial charge is 0.207 e. The maximum absolute atomic E-state index is 13.8. The highest BCUT2D eigenvalue weighted by Crippen LogP contribution is 2.27. The Bertz CT molecular complexity index is 572. The van der Waals surface area contributed by atoms with E-state index in [9.17, 15) is 4.39 Å². The number of alkyl halides is 1. The first-order chi connectivity index (χ1) is 9.10. The minimum Gasteiger partial charge on any atom is -0.207 e. The molecule has 0 fully saturated rings. The number of rotatable bonds is 4. The topological polar surface area (TPSA) is 0 Å². The first-order valence-electron chi connectivity index (χ1n) is 5.85. The van der Waals surface area contributed by atoms with E-state index in [4.69, 9.17) is 23.2 Å². The lowest BCUT2D eigenvalue weighted by Crippen LogP contribution is -2.06. The van der Waals surface area contributed by atoms with Crippen LogP contribution in [0, 0.1) is 5.82 Å². The summed E-state index contributed by atoms with van der Waals surface area (Å²) in [5.41, 5.74) is 1.71. The summed E-state index contributed by atoms with van der Waals surface area (Å²) in [7, 11) is 0. The second-order valence-corrected chi connectivity index (χ2v) is 5.87. The van der Waals surface area contributed by atoms with Crippen molar-refractivity contribution in [3.05, 3.63) is 69.5 Å². The van der Waals surface area contributed by atoms with E-state index in [2.05, 4.69) is 15.9 Å². The van der Waals surface area contributed by atoms with E-state index in [0.717, 1.165) is 10.9 Å². The van der Waals surface area contributed by atoms with Crippen LogP contribution >= 0.6 is 39.1 Å². The van der Waals surface area contributed by atoms with Crippen LogP contribution in [0.5, 0.6) is 0 Å². The molecule has 2 aromatic carbocycles. The van der Waals surface area contributed by atoms with Crippen LogP contribution in [0.2, 0.25) is 10.0 Å². The monoisotopic (exact) mass is 360 g/mol. The Morgan fingerprint density at radius 2 is 1.79 bits per heavy atom. The molecule has 0 nitrogen and oxygen atoms in total. The van der Waals surface area contributed by atoms with E-state index in [1.807, 2.05) is 24.3 Å². The van der Waals surface area contributed by atoms with Crippen LogP contribution < -0.4 is 0 Å². The molecule has 0 saturated carbocycles. The molecule has 0 aliphatic carbocycles. The van der Waals surface area contributed by atoms with Crippen LogP contribution in [-0.4, -0.2) is 5.33 Å². The summed E-state index contributed by atoms with van der Waals surface area (Å²) < 4.78 is 13.8. The molecular weight excluding hydrogens is 350 g/mol. The molecule has 0 aliphatic rings. The van der Waals surface area contributed by atoms with E-state index < -0.39 is 0 Å². The standard InChI is InChI=1S/C15H12BrCl2F/c16-9-12(10-2-1-3-13(17)7-10)6-11-8-14(18)4-5-15(11)19/h1-5,7-8,12H,6,9H2. The summed E-state index contributed by atoms with van der Waals surface area (Å²) in [5, 5.41) is 1.98. The van der Waals surface area contributed by atoms with Crippen molar-refractivity contribution < 1.29 is 4.39 Å². The molecule has 0 saturated heterocycles. The van der Waals surface area contributed by atoms with Gasteiger partial charge in [0.25, 0.3) is 0 Å². The minimum absolute atomic E-state index is 0.159. The van der Waals surface area contributed by atoms with Crippen molar-refractivity contribution in [3.63, 3.8) is 0 Å². The van der Waals surface area contributed by atoms with Gasteiger partial charge in [0, 0.05) is 15.4 Å². The van der Waals surface area contributed by atoms with Gasteiger partial charge in [0.05, 0.1) is 0 Å². The van der Waals surface area contributed by atoms with Crippen molar-refractivity contribution in [2.24, 2.45) is 0 Å². The molecule has 0 heterocycles. The van der Waals surface area contributed by atoms with E-state index in [0.29, 0.717) is 22.0 Å². The second kappa shape index (κ2) is 6.74. The number of hydrogen-bond acceptors (Lipinski definition) is 0. The molecule has 0 bridgehead atoms. The Hall–Kier alpha value is -0.570. The summed E-state index contributed by atoms with van der Waals surface area (Å²) >= 11 is 15.4. The van der Waals surface area contributed by atoms with Gasteiger partial charge in [-0.15, -0.1) is 0 Å². The Morgan fingerprint density at radius 3 is 2.47 bits per heavy atom. The van der Waals surface area contributed by atoms with Crippen LogP contribution in [0.1, 0.15) is 17.0 Å². The molecule has 2 aromatic rings. The summed E-state index contributed by atoms with van der Waals surface area (Å²) in [5.74, 6) is -0.0657. The molecule has 0 radical (unpaired) electrons. The lowest BCUT2D eigenvalue weighted by atomic mass is 9.93. The summed E-state index contributed by atoms with van der Waals surface area (Å²) in [6.07, 6.45) is 0.581. The molecule has 0 aromatic heterocycles. The summed E-state index contributed by atoms with van der Waals surface area (Å²) in [4.78, 5) is 0. The SMILES string of the molecule is Fc1ccc(Cl)cc1CC(CBr)c1cccc(Cl)c1. The van der Waals surface area contributed by atoms with E-state index in [-0.39, 0.29) is 11.7 Å². The normalized spacial score (nSPS) is 12.4. The van der Waals surface area contributed by atoms with E-state index in [1.54, 1.807) is 12.1 Å². The van der Waals surface area contributed by atoms with E-state index in [1.165, 1.54) is 6.07 Å². The third kappa shape index (κ3) is 3.95. The number of hydrogen-bond donors (Lipinski definition) is 0. The number of halogens is 4. The Balaban J connectivity index is 2.26. The zero-order chi connectivity index (χ0) is 13.8. The van der Waals surface area contributed by atoms with Gasteiger partial charge < -0.3 is 0 Å². The van der Waals surface area contributed by atoms with Gasteiger partial charge in [0.15, 0.2) is 0 Å².